The molecule has 0 amide bonds. The highest BCUT2D eigenvalue weighted by molar-refractivity contribution is 5.94. The van der Waals surface area contributed by atoms with Crippen LogP contribution in [-0.2, 0) is 19.1 Å². The summed E-state index contributed by atoms with van der Waals surface area (Å²) in [6.07, 6.45) is 2.44. The molecule has 1 aromatic carbocycles. The number of ether oxygens (including phenoxy) is 2. The van der Waals surface area contributed by atoms with Crippen LogP contribution >= 0.6 is 0 Å². The van der Waals surface area contributed by atoms with Gasteiger partial charge in [-0.15, -0.1) is 0 Å². The number of hydrogen-bond acceptors (Lipinski definition) is 4. The maximum absolute atomic E-state index is 14.0. The predicted octanol–water partition coefficient (Wildman–Crippen LogP) is 5.59. The molecule has 4 nitrogen and oxygen atoms in total. The van der Waals surface area contributed by atoms with Gasteiger partial charge in [0.1, 0.15) is 0 Å². The van der Waals surface area contributed by atoms with Gasteiger partial charge >= 0.3 is 11.9 Å². The van der Waals surface area contributed by atoms with Gasteiger partial charge in [-0.3, -0.25) is 0 Å². The molecule has 8 heteroatoms. The maximum Gasteiger partial charge on any atom is 0.370 e. The highest BCUT2D eigenvalue weighted by atomic mass is 19.2. The van der Waals surface area contributed by atoms with E-state index in [1.807, 2.05) is 13.8 Å². The summed E-state index contributed by atoms with van der Waals surface area (Å²) in [7, 11) is 0. The summed E-state index contributed by atoms with van der Waals surface area (Å²) in [5, 5.41) is 0. The van der Waals surface area contributed by atoms with Gasteiger partial charge in [-0.1, -0.05) is 51.0 Å². The molecule has 0 bridgehead atoms. The van der Waals surface area contributed by atoms with Gasteiger partial charge in [0.2, 0.25) is 11.7 Å². The topological polar surface area (TPSA) is 52.6 Å². The van der Waals surface area contributed by atoms with Crippen molar-refractivity contribution in [3.05, 3.63) is 47.0 Å². The molecule has 0 aliphatic rings. The summed E-state index contributed by atoms with van der Waals surface area (Å²) in [5.41, 5.74) is -0.736. The smallest absolute Gasteiger partial charge is 0.370 e. The van der Waals surface area contributed by atoms with Gasteiger partial charge in [0.05, 0.1) is 13.2 Å². The Morgan fingerprint density at radius 3 is 1.32 bits per heavy atom. The summed E-state index contributed by atoms with van der Waals surface area (Å²) in [6, 6.07) is 3.77. The summed E-state index contributed by atoms with van der Waals surface area (Å²) in [4.78, 5) is 22.8. The average molecular weight is 402 g/mol. The minimum absolute atomic E-state index is 0.0430. The fraction of sp³-hybridized carbons (Fsp3) is 0.400. The zero-order valence-electron chi connectivity index (χ0n) is 15.7. The molecular formula is C20H22F4O4. The minimum Gasteiger partial charge on any atom is -0.460 e. The van der Waals surface area contributed by atoms with E-state index in [0.717, 1.165) is 24.3 Å². The normalized spacial score (nSPS) is 12.8. The van der Waals surface area contributed by atoms with Gasteiger partial charge in [0.15, 0.2) is 11.7 Å². The van der Waals surface area contributed by atoms with Crippen molar-refractivity contribution in [3.63, 3.8) is 0 Å². The van der Waals surface area contributed by atoms with Crippen molar-refractivity contribution in [2.24, 2.45) is 0 Å². The van der Waals surface area contributed by atoms with Gasteiger partial charge in [0, 0.05) is 11.1 Å². The molecule has 0 radical (unpaired) electrons. The largest absolute Gasteiger partial charge is 0.460 e. The quantitative estimate of drug-likeness (QED) is 0.222. The Morgan fingerprint density at radius 1 is 0.714 bits per heavy atom. The molecule has 0 spiro atoms. The van der Waals surface area contributed by atoms with Gasteiger partial charge in [-0.25, -0.2) is 18.4 Å². The fourth-order valence-electron chi connectivity index (χ4n) is 1.94. The van der Waals surface area contributed by atoms with Crippen LogP contribution in [0.5, 0.6) is 0 Å². The lowest BCUT2D eigenvalue weighted by atomic mass is 10.1. The monoisotopic (exact) mass is 402 g/mol. The van der Waals surface area contributed by atoms with Crippen LogP contribution in [0.25, 0.3) is 11.7 Å². The zero-order chi connectivity index (χ0) is 21.1. The molecule has 0 N–H and O–H groups in total. The SMILES string of the molecule is CCCCOC(=O)/C(F)=C(\F)c1ccc(/C(F)=C(\F)C(=O)OCCCC)cc1. The summed E-state index contributed by atoms with van der Waals surface area (Å²) < 4.78 is 64.7. The zero-order valence-corrected chi connectivity index (χ0v) is 15.7. The van der Waals surface area contributed by atoms with E-state index in [2.05, 4.69) is 9.47 Å². The molecule has 0 unspecified atom stereocenters. The number of rotatable bonds is 10. The second-order valence-corrected chi connectivity index (χ2v) is 5.81. The Bertz CT molecular complexity index is 676. The van der Waals surface area contributed by atoms with Crippen LogP contribution in [-0.4, -0.2) is 25.2 Å². The first kappa shape index (κ1) is 23.4. The van der Waals surface area contributed by atoms with Crippen molar-refractivity contribution in [1.82, 2.24) is 0 Å². The van der Waals surface area contributed by atoms with Crippen LogP contribution in [0.2, 0.25) is 0 Å². The lowest BCUT2D eigenvalue weighted by molar-refractivity contribution is -0.141. The van der Waals surface area contributed by atoms with Crippen molar-refractivity contribution < 1.29 is 36.6 Å². The molecule has 0 saturated carbocycles. The first-order chi connectivity index (χ1) is 13.3. The van der Waals surface area contributed by atoms with E-state index in [-0.39, 0.29) is 24.3 Å². The average Bonchev–Trinajstić information content (AvgIpc) is 2.71. The Labute approximate surface area is 160 Å². The molecule has 0 atom stereocenters. The molecule has 28 heavy (non-hydrogen) atoms. The van der Waals surface area contributed by atoms with Crippen LogP contribution < -0.4 is 0 Å². The van der Waals surface area contributed by atoms with Gasteiger partial charge in [-0.2, -0.15) is 8.78 Å². The molecule has 0 fully saturated rings. The van der Waals surface area contributed by atoms with E-state index in [0.29, 0.717) is 25.7 Å². The molecule has 0 saturated heterocycles. The molecular weight excluding hydrogens is 380 g/mol. The van der Waals surface area contributed by atoms with E-state index < -0.39 is 35.2 Å². The number of esters is 2. The van der Waals surface area contributed by atoms with Crippen LogP contribution in [0.4, 0.5) is 17.6 Å². The molecule has 0 heterocycles. The van der Waals surface area contributed by atoms with E-state index in [9.17, 15) is 27.2 Å². The Balaban J connectivity index is 2.91. The van der Waals surface area contributed by atoms with Crippen LogP contribution in [0.1, 0.15) is 50.7 Å². The van der Waals surface area contributed by atoms with E-state index in [4.69, 9.17) is 0 Å². The van der Waals surface area contributed by atoms with Crippen molar-refractivity contribution in [3.8, 4) is 0 Å². The number of carbonyl (C=O) groups is 2. The molecule has 0 aliphatic heterocycles. The van der Waals surface area contributed by atoms with E-state index in [1.54, 1.807) is 0 Å². The summed E-state index contributed by atoms with van der Waals surface area (Å²) in [6.45, 7) is 3.59. The fourth-order valence-corrected chi connectivity index (χ4v) is 1.94. The van der Waals surface area contributed by atoms with Crippen molar-refractivity contribution in [2.75, 3.05) is 13.2 Å². The van der Waals surface area contributed by atoms with Crippen LogP contribution in [0.3, 0.4) is 0 Å². The van der Waals surface area contributed by atoms with Crippen LogP contribution in [0.15, 0.2) is 35.9 Å². The van der Waals surface area contributed by atoms with Gasteiger partial charge in [0.25, 0.3) is 0 Å². The number of hydrogen-bond donors (Lipinski definition) is 0. The van der Waals surface area contributed by atoms with Gasteiger partial charge < -0.3 is 9.47 Å². The Hall–Kier alpha value is -2.64. The Kier molecular flexibility index (Phi) is 9.98. The first-order valence-corrected chi connectivity index (χ1v) is 8.89. The van der Waals surface area contributed by atoms with Crippen molar-refractivity contribution in [2.45, 2.75) is 39.5 Å². The highest BCUT2D eigenvalue weighted by Crippen LogP contribution is 2.27. The predicted molar refractivity (Wildman–Crippen MR) is 96.4 cm³/mol. The molecule has 0 aliphatic carbocycles. The number of carbonyl (C=O) groups excluding carboxylic acids is 2. The van der Waals surface area contributed by atoms with Crippen LogP contribution in [0, 0.1) is 0 Å². The summed E-state index contributed by atoms with van der Waals surface area (Å²) in [5.74, 6) is -9.30. The van der Waals surface area contributed by atoms with E-state index in [1.165, 1.54) is 0 Å². The van der Waals surface area contributed by atoms with Crippen molar-refractivity contribution >= 4 is 23.6 Å². The lowest BCUT2D eigenvalue weighted by Gasteiger charge is -2.05. The standard InChI is InChI=1S/C20H22F4O4/c1-3-5-11-27-19(25)17(23)15(21)13-7-9-14(10-8-13)16(22)18(24)20(26)28-12-6-4-2/h7-10H,3-6,11-12H2,1-2H3/b17-15+,18-16+. The molecule has 154 valence electrons. The molecule has 1 rings (SSSR count). The lowest BCUT2D eigenvalue weighted by Crippen LogP contribution is -2.07. The maximum atomic E-state index is 14.0. The number of halogens is 4. The second-order valence-electron chi connectivity index (χ2n) is 5.81. The third-order valence-corrected chi connectivity index (χ3v) is 3.60. The first-order valence-electron chi connectivity index (χ1n) is 8.89. The highest BCUT2D eigenvalue weighted by Gasteiger charge is 2.21. The Morgan fingerprint density at radius 2 is 1.04 bits per heavy atom. The van der Waals surface area contributed by atoms with Gasteiger partial charge in [-0.05, 0) is 12.8 Å². The third kappa shape index (κ3) is 6.83. The molecule has 0 aromatic heterocycles. The second kappa shape index (κ2) is 11.9. The number of unbranched alkanes of at least 4 members (excludes halogenated alkanes) is 2. The number of benzene rings is 1. The van der Waals surface area contributed by atoms with E-state index >= 15 is 0 Å². The summed E-state index contributed by atoms with van der Waals surface area (Å²) >= 11 is 0. The van der Waals surface area contributed by atoms with Crippen molar-refractivity contribution in [1.29, 1.82) is 0 Å². The minimum atomic E-state index is -1.72. The molecule has 1 aromatic rings. The third-order valence-electron chi connectivity index (χ3n) is 3.60.